The summed E-state index contributed by atoms with van der Waals surface area (Å²) in [6.07, 6.45) is 12.0. The summed E-state index contributed by atoms with van der Waals surface area (Å²) in [6.45, 7) is 1.98. The first kappa shape index (κ1) is 20.5. The molecule has 7 heteroatoms. The Morgan fingerprint density at radius 3 is 2.48 bits per heavy atom. The quantitative estimate of drug-likeness (QED) is 0.749. The first-order chi connectivity index (χ1) is 15.0. The number of carbonyl (C=O) groups is 2. The second-order valence-corrected chi connectivity index (χ2v) is 9.51. The fraction of sp³-hybridized carbons (Fsp3) is 0.625. The van der Waals surface area contributed by atoms with Crippen LogP contribution in [0.15, 0.2) is 23.1 Å². The molecular formula is C24H31N3O4. The largest absolute Gasteiger partial charge is 0.393 e. The molecule has 2 aliphatic carbocycles. The van der Waals surface area contributed by atoms with Gasteiger partial charge >= 0.3 is 0 Å². The Balaban J connectivity index is 1.43. The molecule has 1 saturated carbocycles. The standard InChI is InChI=1S/C24H31N3O4/c28-19-7-10-25(11-8-19)23(30)22-20-9-12-26(21(29)13-16-3-1-2-4-16)14-17(20)15-27(24(22)31)18-5-6-18/h1,3,15-16,18-19,28H,2,4-14H2. The number of pyridine rings is 1. The minimum absolute atomic E-state index is 0.157. The van der Waals surface area contributed by atoms with E-state index >= 15 is 0 Å². The fourth-order valence-electron chi connectivity index (χ4n) is 5.18. The average molecular weight is 426 g/mol. The van der Waals surface area contributed by atoms with Crippen LogP contribution >= 0.6 is 0 Å². The van der Waals surface area contributed by atoms with Gasteiger partial charge in [-0.3, -0.25) is 14.4 Å². The van der Waals surface area contributed by atoms with Crippen LogP contribution in [0.3, 0.4) is 0 Å². The molecule has 1 unspecified atom stereocenters. The van der Waals surface area contributed by atoms with Gasteiger partial charge in [0.15, 0.2) is 0 Å². The van der Waals surface area contributed by atoms with Gasteiger partial charge < -0.3 is 19.5 Å². The summed E-state index contributed by atoms with van der Waals surface area (Å²) < 4.78 is 1.73. The van der Waals surface area contributed by atoms with Gasteiger partial charge in [0, 0.05) is 44.8 Å². The molecule has 31 heavy (non-hydrogen) atoms. The Kier molecular flexibility index (Phi) is 5.46. The summed E-state index contributed by atoms with van der Waals surface area (Å²) in [7, 11) is 0. The zero-order valence-electron chi connectivity index (χ0n) is 18.0. The van der Waals surface area contributed by atoms with E-state index in [1.54, 1.807) is 9.47 Å². The summed E-state index contributed by atoms with van der Waals surface area (Å²) >= 11 is 0. The molecule has 2 fully saturated rings. The van der Waals surface area contributed by atoms with Gasteiger partial charge in [0.1, 0.15) is 5.56 Å². The van der Waals surface area contributed by atoms with Gasteiger partial charge in [-0.2, -0.15) is 0 Å². The van der Waals surface area contributed by atoms with E-state index in [-0.39, 0.29) is 29.5 Å². The van der Waals surface area contributed by atoms with E-state index in [0.29, 0.717) is 63.3 Å². The summed E-state index contributed by atoms with van der Waals surface area (Å²) in [5.41, 5.74) is 1.87. The summed E-state index contributed by atoms with van der Waals surface area (Å²) in [6, 6.07) is 0.169. The molecule has 3 heterocycles. The molecule has 0 radical (unpaired) electrons. The Morgan fingerprint density at radius 2 is 1.81 bits per heavy atom. The van der Waals surface area contributed by atoms with Crippen molar-refractivity contribution < 1.29 is 14.7 Å². The second-order valence-electron chi connectivity index (χ2n) is 9.51. The maximum Gasteiger partial charge on any atom is 0.263 e. The third kappa shape index (κ3) is 4.07. The number of rotatable bonds is 4. The van der Waals surface area contributed by atoms with Crippen molar-refractivity contribution in [2.45, 2.75) is 70.1 Å². The fourth-order valence-corrected chi connectivity index (χ4v) is 5.18. The van der Waals surface area contributed by atoms with Crippen LogP contribution in [0.4, 0.5) is 0 Å². The molecule has 0 aromatic carbocycles. The number of nitrogens with zero attached hydrogens (tertiary/aromatic N) is 3. The molecule has 0 bridgehead atoms. The lowest BCUT2D eigenvalue weighted by molar-refractivity contribution is -0.132. The van der Waals surface area contributed by atoms with Gasteiger partial charge in [-0.15, -0.1) is 0 Å². The lowest BCUT2D eigenvalue weighted by Gasteiger charge is -2.33. The van der Waals surface area contributed by atoms with E-state index in [1.807, 2.05) is 11.1 Å². The van der Waals surface area contributed by atoms with E-state index in [0.717, 1.165) is 36.8 Å². The first-order valence-corrected chi connectivity index (χ1v) is 11.7. The van der Waals surface area contributed by atoms with Gasteiger partial charge in [0.05, 0.1) is 6.10 Å². The van der Waals surface area contributed by atoms with E-state index in [1.165, 1.54) is 0 Å². The minimum Gasteiger partial charge on any atom is -0.393 e. The van der Waals surface area contributed by atoms with Crippen molar-refractivity contribution in [3.8, 4) is 0 Å². The maximum absolute atomic E-state index is 13.4. The number of aliphatic hydroxyl groups excluding tert-OH is 1. The number of likely N-dealkylation sites (tertiary alicyclic amines) is 1. The third-order valence-electron chi connectivity index (χ3n) is 7.23. The zero-order valence-corrected chi connectivity index (χ0v) is 18.0. The van der Waals surface area contributed by atoms with Crippen molar-refractivity contribution >= 4 is 11.8 Å². The molecular weight excluding hydrogens is 394 g/mol. The maximum atomic E-state index is 13.4. The Labute approximate surface area is 182 Å². The Hall–Kier alpha value is -2.41. The van der Waals surface area contributed by atoms with Crippen molar-refractivity contribution in [3.63, 3.8) is 0 Å². The molecule has 0 spiro atoms. The third-order valence-corrected chi connectivity index (χ3v) is 7.23. The number of hydrogen-bond acceptors (Lipinski definition) is 4. The van der Waals surface area contributed by atoms with Crippen LogP contribution in [0, 0.1) is 5.92 Å². The topological polar surface area (TPSA) is 82.9 Å². The molecule has 1 aromatic heterocycles. The van der Waals surface area contributed by atoms with Gasteiger partial charge in [0.2, 0.25) is 5.91 Å². The zero-order chi connectivity index (χ0) is 21.5. The summed E-state index contributed by atoms with van der Waals surface area (Å²) in [5.74, 6) is 0.282. The van der Waals surface area contributed by atoms with Gasteiger partial charge in [-0.1, -0.05) is 12.2 Å². The minimum atomic E-state index is -0.369. The van der Waals surface area contributed by atoms with E-state index in [2.05, 4.69) is 12.2 Å². The van der Waals surface area contributed by atoms with Crippen LogP contribution < -0.4 is 5.56 Å². The molecule has 7 nitrogen and oxygen atoms in total. The van der Waals surface area contributed by atoms with Crippen molar-refractivity contribution in [2.24, 2.45) is 5.92 Å². The highest BCUT2D eigenvalue weighted by Gasteiger charge is 2.34. The van der Waals surface area contributed by atoms with Crippen molar-refractivity contribution in [3.05, 3.63) is 45.4 Å². The monoisotopic (exact) mass is 425 g/mol. The lowest BCUT2D eigenvalue weighted by atomic mass is 9.94. The van der Waals surface area contributed by atoms with E-state index in [9.17, 15) is 19.5 Å². The molecule has 1 atom stereocenters. The van der Waals surface area contributed by atoms with Crippen LogP contribution in [-0.2, 0) is 17.8 Å². The predicted octanol–water partition coefficient (Wildman–Crippen LogP) is 2.02. The predicted molar refractivity (Wildman–Crippen MR) is 116 cm³/mol. The highest BCUT2D eigenvalue weighted by molar-refractivity contribution is 5.96. The average Bonchev–Trinajstić information content (AvgIpc) is 3.49. The van der Waals surface area contributed by atoms with Gasteiger partial charge in [0.25, 0.3) is 11.5 Å². The molecule has 4 aliphatic rings. The SMILES string of the molecule is O=C(CC1C=CCC1)N1CCc2c(cn(C3CC3)c(=O)c2C(=O)N2CCC(O)CC2)C1. The molecule has 5 rings (SSSR count). The molecule has 1 aromatic rings. The van der Waals surface area contributed by atoms with Crippen LogP contribution in [0.1, 0.15) is 72.5 Å². The van der Waals surface area contributed by atoms with Crippen molar-refractivity contribution in [1.82, 2.24) is 14.4 Å². The van der Waals surface area contributed by atoms with E-state index in [4.69, 9.17) is 0 Å². The van der Waals surface area contributed by atoms with Crippen molar-refractivity contribution in [2.75, 3.05) is 19.6 Å². The smallest absolute Gasteiger partial charge is 0.263 e. The second kappa shape index (κ2) is 8.26. The first-order valence-electron chi connectivity index (χ1n) is 11.7. The number of piperidine rings is 1. The number of aromatic nitrogens is 1. The normalized spacial score (nSPS) is 23.8. The summed E-state index contributed by atoms with van der Waals surface area (Å²) in [5, 5.41) is 9.79. The Morgan fingerprint density at radius 1 is 1.03 bits per heavy atom. The van der Waals surface area contributed by atoms with Gasteiger partial charge in [-0.05, 0) is 62.0 Å². The number of hydrogen-bond donors (Lipinski definition) is 1. The molecule has 1 N–H and O–H groups in total. The Bertz CT molecular complexity index is 970. The van der Waals surface area contributed by atoms with Gasteiger partial charge in [-0.25, -0.2) is 0 Å². The van der Waals surface area contributed by atoms with Crippen LogP contribution in [-0.4, -0.2) is 57.0 Å². The number of amides is 2. The van der Waals surface area contributed by atoms with Crippen LogP contribution in [0.5, 0.6) is 0 Å². The highest BCUT2D eigenvalue weighted by atomic mass is 16.3. The van der Waals surface area contributed by atoms with Crippen LogP contribution in [0.25, 0.3) is 0 Å². The molecule has 2 amide bonds. The lowest BCUT2D eigenvalue weighted by Crippen LogP contribution is -2.45. The number of allylic oxidation sites excluding steroid dienone is 2. The molecule has 1 saturated heterocycles. The molecule has 166 valence electrons. The highest BCUT2D eigenvalue weighted by Crippen LogP contribution is 2.35. The number of carbonyl (C=O) groups excluding carboxylic acids is 2. The summed E-state index contributed by atoms with van der Waals surface area (Å²) in [4.78, 5) is 43.2. The van der Waals surface area contributed by atoms with E-state index < -0.39 is 0 Å². The van der Waals surface area contributed by atoms with Crippen molar-refractivity contribution in [1.29, 1.82) is 0 Å². The van der Waals surface area contributed by atoms with Crippen LogP contribution in [0.2, 0.25) is 0 Å². The molecule has 2 aliphatic heterocycles. The number of fused-ring (bicyclic) bond motifs is 1. The number of aliphatic hydroxyl groups is 1.